The van der Waals surface area contributed by atoms with E-state index in [1.807, 2.05) is 34.9 Å². The van der Waals surface area contributed by atoms with Crippen molar-refractivity contribution < 1.29 is 13.2 Å². The Kier molecular flexibility index (Phi) is 6.18. The van der Waals surface area contributed by atoms with Crippen molar-refractivity contribution in [1.82, 2.24) is 4.57 Å². The number of hydrogen-bond donors (Lipinski definition) is 1. The van der Waals surface area contributed by atoms with Gasteiger partial charge in [0.25, 0.3) is 5.91 Å². The van der Waals surface area contributed by atoms with E-state index in [2.05, 4.69) is 23.7 Å². The number of primary sulfonamides is 1. The minimum Gasteiger partial charge on any atom is -0.312 e. The number of hydrogen-bond acceptors (Lipinski definition) is 4. The maximum atomic E-state index is 12.8. The molecule has 1 amide bonds. The maximum absolute atomic E-state index is 12.8. The Morgan fingerprint density at radius 1 is 1.03 bits per heavy atom. The fourth-order valence-corrected chi connectivity index (χ4v) is 5.06. The highest BCUT2D eigenvalue weighted by atomic mass is 32.2. The number of sulfonamides is 1. The van der Waals surface area contributed by atoms with Gasteiger partial charge < -0.3 is 4.57 Å². The van der Waals surface area contributed by atoms with Crippen LogP contribution in [0.1, 0.15) is 21.5 Å². The predicted octanol–water partition coefficient (Wildman–Crippen LogP) is 3.87. The second kappa shape index (κ2) is 9.04. The van der Waals surface area contributed by atoms with Crippen LogP contribution in [0.25, 0.3) is 10.2 Å². The number of carbonyl (C=O) groups is 1. The normalized spacial score (nSPS) is 12.2. The molecule has 32 heavy (non-hydrogen) atoms. The van der Waals surface area contributed by atoms with Gasteiger partial charge >= 0.3 is 0 Å². The number of thiazole rings is 1. The van der Waals surface area contributed by atoms with Crippen LogP contribution in [-0.2, 0) is 23.0 Å². The highest BCUT2D eigenvalue weighted by Crippen LogP contribution is 2.21. The number of aromatic nitrogens is 1. The first kappa shape index (κ1) is 21.9. The summed E-state index contributed by atoms with van der Waals surface area (Å²) in [5.41, 5.74) is 3.54. The summed E-state index contributed by atoms with van der Waals surface area (Å²) >= 11 is 1.23. The molecule has 4 aromatic rings. The van der Waals surface area contributed by atoms with Crippen LogP contribution in [0.15, 0.2) is 95.3 Å². The lowest BCUT2D eigenvalue weighted by molar-refractivity contribution is 0.0998. The summed E-state index contributed by atoms with van der Waals surface area (Å²) in [6.07, 6.45) is 2.48. The molecule has 6 nitrogen and oxygen atoms in total. The molecular formula is C24H21N3O3S2. The highest BCUT2D eigenvalue weighted by Gasteiger charge is 2.13. The van der Waals surface area contributed by atoms with Gasteiger partial charge in [0, 0.05) is 12.1 Å². The van der Waals surface area contributed by atoms with Crippen molar-refractivity contribution in [3.63, 3.8) is 0 Å². The lowest BCUT2D eigenvalue weighted by atomic mass is 10.0. The van der Waals surface area contributed by atoms with Crippen LogP contribution in [0, 0.1) is 0 Å². The molecule has 1 heterocycles. The largest absolute Gasteiger partial charge is 0.312 e. The van der Waals surface area contributed by atoms with Gasteiger partial charge in [0.2, 0.25) is 10.0 Å². The molecule has 3 aromatic carbocycles. The molecule has 0 saturated heterocycles. The molecular weight excluding hydrogens is 442 g/mol. The third-order valence-electron chi connectivity index (χ3n) is 4.94. The van der Waals surface area contributed by atoms with Gasteiger partial charge in [-0.25, -0.2) is 13.6 Å². The second-order valence-corrected chi connectivity index (χ2v) is 9.81. The molecule has 162 valence electrons. The van der Waals surface area contributed by atoms with Crippen molar-refractivity contribution in [3.05, 3.63) is 107 Å². The van der Waals surface area contributed by atoms with E-state index in [4.69, 9.17) is 5.14 Å². The van der Waals surface area contributed by atoms with E-state index in [-0.39, 0.29) is 10.8 Å². The van der Waals surface area contributed by atoms with Crippen LogP contribution in [0.4, 0.5) is 0 Å². The minimum absolute atomic E-state index is 0.0175. The first-order chi connectivity index (χ1) is 15.3. The van der Waals surface area contributed by atoms with Crippen molar-refractivity contribution >= 4 is 37.5 Å². The molecule has 0 saturated carbocycles. The van der Waals surface area contributed by atoms with Gasteiger partial charge in [0.1, 0.15) is 0 Å². The molecule has 8 heteroatoms. The average molecular weight is 464 g/mol. The van der Waals surface area contributed by atoms with E-state index in [0.717, 1.165) is 17.5 Å². The van der Waals surface area contributed by atoms with Gasteiger partial charge in [0.05, 0.1) is 15.1 Å². The molecule has 4 rings (SSSR count). The lowest BCUT2D eigenvalue weighted by Crippen LogP contribution is -2.16. The summed E-state index contributed by atoms with van der Waals surface area (Å²) in [5.74, 6) is -0.368. The number of allylic oxidation sites excluding steroid dienone is 1. The number of nitrogens with two attached hydrogens (primary N) is 1. The summed E-state index contributed by atoms with van der Waals surface area (Å²) < 4.78 is 25.9. The quantitative estimate of drug-likeness (QED) is 0.440. The van der Waals surface area contributed by atoms with Gasteiger partial charge in [-0.05, 0) is 47.9 Å². The zero-order chi connectivity index (χ0) is 22.7. The maximum Gasteiger partial charge on any atom is 0.279 e. The molecule has 0 aliphatic heterocycles. The van der Waals surface area contributed by atoms with E-state index >= 15 is 0 Å². The molecule has 0 aliphatic carbocycles. The molecule has 0 spiro atoms. The van der Waals surface area contributed by atoms with Crippen LogP contribution in [0.5, 0.6) is 0 Å². The summed E-state index contributed by atoms with van der Waals surface area (Å²) in [7, 11) is -3.82. The van der Waals surface area contributed by atoms with Crippen LogP contribution in [0.2, 0.25) is 0 Å². The Bertz CT molecular complexity index is 1470. The van der Waals surface area contributed by atoms with Gasteiger partial charge in [-0.15, -0.1) is 6.58 Å². The van der Waals surface area contributed by atoms with Gasteiger partial charge in [-0.1, -0.05) is 59.9 Å². The van der Waals surface area contributed by atoms with Crippen molar-refractivity contribution in [3.8, 4) is 0 Å². The molecule has 1 aromatic heterocycles. The van der Waals surface area contributed by atoms with E-state index in [1.54, 1.807) is 24.3 Å². The van der Waals surface area contributed by atoms with E-state index in [0.29, 0.717) is 21.6 Å². The highest BCUT2D eigenvalue weighted by molar-refractivity contribution is 7.89. The summed E-state index contributed by atoms with van der Waals surface area (Å²) in [5, 5.41) is 5.25. The third kappa shape index (κ3) is 4.77. The first-order valence-corrected chi connectivity index (χ1v) is 12.2. The SMILES string of the molecule is C=CCn1c(=NC(=O)c2ccc(Cc3ccccc3)cc2)sc2cc(S(N)(=O)=O)ccc21. The molecule has 0 radical (unpaired) electrons. The predicted molar refractivity (Wildman–Crippen MR) is 127 cm³/mol. The molecule has 0 unspecified atom stereocenters. The zero-order valence-electron chi connectivity index (χ0n) is 17.1. The van der Waals surface area contributed by atoms with Gasteiger partial charge in [-0.2, -0.15) is 4.99 Å². The number of amides is 1. The van der Waals surface area contributed by atoms with Crippen LogP contribution >= 0.6 is 11.3 Å². The monoisotopic (exact) mass is 463 g/mol. The third-order valence-corrected chi connectivity index (χ3v) is 6.90. The van der Waals surface area contributed by atoms with Crippen LogP contribution in [-0.4, -0.2) is 18.9 Å². The minimum atomic E-state index is -3.82. The zero-order valence-corrected chi connectivity index (χ0v) is 18.8. The molecule has 0 atom stereocenters. The summed E-state index contributed by atoms with van der Waals surface area (Å²) in [4.78, 5) is 17.6. The van der Waals surface area contributed by atoms with Crippen molar-refractivity contribution in [2.75, 3.05) is 0 Å². The molecule has 0 bridgehead atoms. The number of nitrogens with zero attached hydrogens (tertiary/aromatic N) is 2. The Labute approximate surface area is 190 Å². The Balaban J connectivity index is 1.67. The smallest absolute Gasteiger partial charge is 0.279 e. The average Bonchev–Trinajstić information content (AvgIpc) is 3.11. The number of rotatable bonds is 6. The fraction of sp³-hybridized carbons (Fsp3) is 0.0833. The second-order valence-electron chi connectivity index (χ2n) is 7.23. The van der Waals surface area contributed by atoms with E-state index < -0.39 is 10.0 Å². The van der Waals surface area contributed by atoms with E-state index in [9.17, 15) is 13.2 Å². The van der Waals surface area contributed by atoms with Crippen LogP contribution in [0.3, 0.4) is 0 Å². The van der Waals surface area contributed by atoms with Crippen molar-refractivity contribution in [1.29, 1.82) is 0 Å². The van der Waals surface area contributed by atoms with Crippen molar-refractivity contribution in [2.24, 2.45) is 10.1 Å². The Morgan fingerprint density at radius 3 is 2.38 bits per heavy atom. The summed E-state index contributed by atoms with van der Waals surface area (Å²) in [6.45, 7) is 4.19. The molecule has 0 fully saturated rings. The Morgan fingerprint density at radius 2 is 1.72 bits per heavy atom. The number of fused-ring (bicyclic) bond motifs is 1. The summed E-state index contributed by atoms with van der Waals surface area (Å²) in [6, 6.07) is 22.1. The fourth-order valence-electron chi connectivity index (χ4n) is 3.37. The van der Waals surface area contributed by atoms with Gasteiger partial charge in [0.15, 0.2) is 4.80 Å². The molecule has 0 aliphatic rings. The molecule has 2 N–H and O–H groups in total. The number of carbonyl (C=O) groups excluding carboxylic acids is 1. The van der Waals surface area contributed by atoms with Crippen LogP contribution < -0.4 is 9.94 Å². The topological polar surface area (TPSA) is 94.5 Å². The first-order valence-electron chi connectivity index (χ1n) is 9.84. The van der Waals surface area contributed by atoms with Crippen molar-refractivity contribution in [2.45, 2.75) is 17.9 Å². The number of benzene rings is 3. The Hall–Kier alpha value is -3.33. The standard InChI is InChI=1S/C24H21N3O3S2/c1-2-14-27-21-13-12-20(32(25,29)30)16-22(21)31-24(27)26-23(28)19-10-8-18(9-11-19)15-17-6-4-3-5-7-17/h2-13,16H,1,14-15H2,(H2,25,29,30). The van der Waals surface area contributed by atoms with Gasteiger partial charge in [-0.3, -0.25) is 4.79 Å². The lowest BCUT2D eigenvalue weighted by Gasteiger charge is -2.03. The van der Waals surface area contributed by atoms with E-state index in [1.165, 1.54) is 29.0 Å².